The molecule has 1 aliphatic carbocycles. The zero-order valence-corrected chi connectivity index (χ0v) is 20.0. The molecule has 1 aromatic rings. The van der Waals surface area contributed by atoms with Gasteiger partial charge in [0.15, 0.2) is 0 Å². The third kappa shape index (κ3) is 10.3. The number of carbonyl (C=O) groups excluding carboxylic acids is 1. The molecule has 0 saturated heterocycles. The maximum atomic E-state index is 12.7. The summed E-state index contributed by atoms with van der Waals surface area (Å²) in [4.78, 5) is 11.7. The molecular formula is C24H32BrF3NO2+. The molecule has 0 fully saturated rings. The predicted octanol–water partition coefficient (Wildman–Crippen LogP) is 6.06. The summed E-state index contributed by atoms with van der Waals surface area (Å²) in [6.07, 6.45) is 6.52. The number of esters is 1. The molecule has 0 spiro atoms. The van der Waals surface area contributed by atoms with Gasteiger partial charge < -0.3 is 10.1 Å². The van der Waals surface area contributed by atoms with E-state index in [0.717, 1.165) is 48.1 Å². The molecule has 1 aromatic carbocycles. The minimum atomic E-state index is -4.32. The van der Waals surface area contributed by atoms with Gasteiger partial charge in [0.1, 0.15) is 12.7 Å². The van der Waals surface area contributed by atoms with Crippen molar-refractivity contribution in [3.8, 4) is 0 Å². The molecule has 2 N–H and O–H groups in total. The van der Waals surface area contributed by atoms with E-state index in [-0.39, 0.29) is 12.4 Å². The van der Waals surface area contributed by atoms with Crippen molar-refractivity contribution >= 4 is 21.9 Å². The number of rotatable bonds is 8. The second-order valence-electron chi connectivity index (χ2n) is 7.20. The second-order valence-corrected chi connectivity index (χ2v) is 7.20. The van der Waals surface area contributed by atoms with Crippen molar-refractivity contribution < 1.29 is 28.0 Å². The van der Waals surface area contributed by atoms with E-state index in [1.54, 1.807) is 6.92 Å². The lowest BCUT2D eigenvalue weighted by molar-refractivity contribution is -0.605. The number of ether oxygens (including phenoxy) is 1. The van der Waals surface area contributed by atoms with Gasteiger partial charge in [0.05, 0.1) is 18.6 Å². The Hall–Kier alpha value is -1.86. The lowest BCUT2D eigenvalue weighted by Crippen LogP contribution is -2.76. The van der Waals surface area contributed by atoms with Crippen LogP contribution in [-0.2, 0) is 22.3 Å². The maximum Gasteiger partial charge on any atom is 0.416 e. The van der Waals surface area contributed by atoms with Crippen LogP contribution in [0, 0.1) is 0 Å². The Labute approximate surface area is 191 Å². The van der Waals surface area contributed by atoms with Crippen molar-refractivity contribution in [2.24, 2.45) is 0 Å². The van der Waals surface area contributed by atoms with E-state index in [9.17, 15) is 18.0 Å². The van der Waals surface area contributed by atoms with Gasteiger partial charge in [-0.2, -0.15) is 13.2 Å². The van der Waals surface area contributed by atoms with Crippen LogP contribution in [0.3, 0.4) is 0 Å². The molecule has 0 aliphatic heterocycles. The number of quaternary nitrogens is 1. The first-order chi connectivity index (χ1) is 14.8. The molecule has 0 saturated carbocycles. The van der Waals surface area contributed by atoms with E-state index in [1.165, 1.54) is 24.1 Å². The van der Waals surface area contributed by atoms with E-state index in [2.05, 4.69) is 22.0 Å². The summed E-state index contributed by atoms with van der Waals surface area (Å²) in [6, 6.07) is 5.24. The average Bonchev–Trinajstić information content (AvgIpc) is 2.75. The van der Waals surface area contributed by atoms with E-state index in [4.69, 9.17) is 4.74 Å². The molecule has 0 radical (unpaired) electrons. The van der Waals surface area contributed by atoms with E-state index in [0.29, 0.717) is 13.2 Å². The molecular weight excluding hydrogens is 471 g/mol. The predicted molar refractivity (Wildman–Crippen MR) is 122 cm³/mol. The molecule has 3 nitrogen and oxygen atoms in total. The monoisotopic (exact) mass is 502 g/mol. The van der Waals surface area contributed by atoms with Crippen LogP contribution in [0.15, 0.2) is 59.3 Å². The van der Waals surface area contributed by atoms with Crippen LogP contribution >= 0.6 is 15.9 Å². The van der Waals surface area contributed by atoms with Gasteiger partial charge in [-0.25, -0.2) is 0 Å². The first-order valence-corrected chi connectivity index (χ1v) is 12.0. The van der Waals surface area contributed by atoms with Crippen molar-refractivity contribution in [1.29, 1.82) is 0 Å². The van der Waals surface area contributed by atoms with Crippen LogP contribution < -0.4 is 5.32 Å². The summed E-state index contributed by atoms with van der Waals surface area (Å²) in [7, 11) is 0. The Morgan fingerprint density at radius 2 is 1.87 bits per heavy atom. The van der Waals surface area contributed by atoms with Crippen LogP contribution in [0.5, 0.6) is 0 Å². The van der Waals surface area contributed by atoms with Gasteiger partial charge >= 0.3 is 12.1 Å². The number of carbonyl (C=O) groups is 1. The zero-order chi connectivity index (χ0) is 23.3. The van der Waals surface area contributed by atoms with Crippen LogP contribution in [0.1, 0.15) is 57.1 Å². The van der Waals surface area contributed by atoms with Gasteiger partial charge in [-0.05, 0) is 69.1 Å². The number of halogens is 4. The van der Waals surface area contributed by atoms with Gasteiger partial charge in [0.25, 0.3) is 0 Å². The lowest BCUT2D eigenvalue weighted by Gasteiger charge is -2.14. The summed E-state index contributed by atoms with van der Waals surface area (Å²) >= 11 is 2.94. The van der Waals surface area contributed by atoms with Gasteiger partial charge in [-0.1, -0.05) is 39.7 Å². The molecule has 0 atom stereocenters. The number of alkyl halides is 4. The van der Waals surface area contributed by atoms with Crippen LogP contribution in [-0.4, -0.2) is 18.4 Å². The fourth-order valence-electron chi connectivity index (χ4n) is 3.26. The third-order valence-corrected chi connectivity index (χ3v) is 4.72. The first kappa shape index (κ1) is 27.2. The molecule has 0 heterocycles. The summed E-state index contributed by atoms with van der Waals surface area (Å²) in [5, 5.41) is 1.96. The van der Waals surface area contributed by atoms with E-state index in [1.807, 2.05) is 30.3 Å². The molecule has 172 valence electrons. The number of hydrogen-bond acceptors (Lipinski definition) is 2. The van der Waals surface area contributed by atoms with Crippen molar-refractivity contribution in [3.05, 3.63) is 70.5 Å². The number of nitrogens with two attached hydrogens (primary N) is 1. The van der Waals surface area contributed by atoms with Crippen molar-refractivity contribution in [3.63, 3.8) is 0 Å². The number of allylic oxidation sites excluding steroid dienone is 4. The SMILES string of the molecule is CBr.CCOC(=O)C/C(C)=C/C(=C\[NH2+]Cc1ccc(C(F)(F)F)cc1)C1=CCCCC1. The van der Waals surface area contributed by atoms with Crippen LogP contribution in [0.2, 0.25) is 0 Å². The normalized spacial score (nSPS) is 15.0. The Balaban J connectivity index is 0.00000233. The van der Waals surface area contributed by atoms with Gasteiger partial charge in [-0.3, -0.25) is 4.79 Å². The van der Waals surface area contributed by atoms with E-state index >= 15 is 0 Å². The van der Waals surface area contributed by atoms with E-state index < -0.39 is 11.7 Å². The highest BCUT2D eigenvalue weighted by Crippen LogP contribution is 2.29. The van der Waals surface area contributed by atoms with Crippen LogP contribution in [0.4, 0.5) is 13.2 Å². The van der Waals surface area contributed by atoms with Crippen LogP contribution in [0.25, 0.3) is 0 Å². The topological polar surface area (TPSA) is 42.9 Å². The fourth-order valence-corrected chi connectivity index (χ4v) is 3.26. The number of benzene rings is 1. The standard InChI is InChI=1S/C23H28F3NO2.CH3Br/c1-3-29-22(28)14-17(2)13-20(19-7-5-4-6-8-19)16-27-15-18-9-11-21(12-10-18)23(24,25)26;1-2/h7,9-13,16,27H,3-6,8,14-15H2,1-2H3;1H3/p+1/b17-13+,20-16+;. The summed E-state index contributed by atoms with van der Waals surface area (Å²) < 4.78 is 43.1. The molecule has 7 heteroatoms. The number of hydrogen-bond donors (Lipinski definition) is 1. The Morgan fingerprint density at radius 1 is 1.19 bits per heavy atom. The molecule has 31 heavy (non-hydrogen) atoms. The highest BCUT2D eigenvalue weighted by atomic mass is 79.9. The third-order valence-electron chi connectivity index (χ3n) is 4.72. The molecule has 0 aromatic heterocycles. The first-order valence-electron chi connectivity index (χ1n) is 10.4. The van der Waals surface area contributed by atoms with Gasteiger partial charge in [-0.15, -0.1) is 0 Å². The Bertz CT molecular complexity index is 781. The quantitative estimate of drug-likeness (QED) is 0.266. The lowest BCUT2D eigenvalue weighted by atomic mass is 9.92. The molecule has 0 amide bonds. The maximum absolute atomic E-state index is 12.7. The summed E-state index contributed by atoms with van der Waals surface area (Å²) in [5.41, 5.74) is 3.41. The highest BCUT2D eigenvalue weighted by Gasteiger charge is 2.29. The Kier molecular flexibility index (Phi) is 12.5. The van der Waals surface area contributed by atoms with Gasteiger partial charge in [0.2, 0.25) is 0 Å². The van der Waals surface area contributed by atoms with Crippen molar-refractivity contribution in [1.82, 2.24) is 0 Å². The summed E-state index contributed by atoms with van der Waals surface area (Å²) in [6.45, 7) is 4.59. The molecule has 0 bridgehead atoms. The molecule has 2 rings (SSSR count). The van der Waals surface area contributed by atoms with Crippen molar-refractivity contribution in [2.75, 3.05) is 12.4 Å². The minimum Gasteiger partial charge on any atom is -0.466 e. The fraction of sp³-hybridized carbons (Fsp3) is 0.458. The molecule has 0 unspecified atom stereocenters. The summed E-state index contributed by atoms with van der Waals surface area (Å²) in [5.74, 6) is 1.57. The highest BCUT2D eigenvalue weighted by molar-refractivity contribution is 9.08. The second kappa shape index (κ2) is 14.2. The minimum absolute atomic E-state index is 0.244. The average molecular weight is 503 g/mol. The zero-order valence-electron chi connectivity index (χ0n) is 18.4. The largest absolute Gasteiger partial charge is 0.466 e. The smallest absolute Gasteiger partial charge is 0.416 e. The van der Waals surface area contributed by atoms with Crippen molar-refractivity contribution in [2.45, 2.75) is 58.7 Å². The Morgan fingerprint density at radius 3 is 2.42 bits per heavy atom. The van der Waals surface area contributed by atoms with Gasteiger partial charge in [0, 0.05) is 11.1 Å². The molecule has 1 aliphatic rings.